The molecule has 0 spiro atoms. The summed E-state index contributed by atoms with van der Waals surface area (Å²) in [6.07, 6.45) is -3.13. The van der Waals surface area contributed by atoms with E-state index in [2.05, 4.69) is 11.1 Å². The molecule has 0 bridgehead atoms. The van der Waals surface area contributed by atoms with Gasteiger partial charge in [0.05, 0.1) is 16.9 Å². The fourth-order valence-electron chi connectivity index (χ4n) is 2.34. The molecule has 0 saturated carbocycles. The van der Waals surface area contributed by atoms with Crippen molar-refractivity contribution < 1.29 is 13.2 Å². The standard InChI is InChI=1S/C14H14F3N3/c1-9-7-13(12(8-18)10(2)19-9)20-5-3-11(4-6-20)14(15,16)17/h3,7H,4-6H2,1-2H3. The molecular weight excluding hydrogens is 267 g/mol. The van der Waals surface area contributed by atoms with Crippen LogP contribution in [0, 0.1) is 25.2 Å². The van der Waals surface area contributed by atoms with Gasteiger partial charge >= 0.3 is 6.18 Å². The maximum atomic E-state index is 12.6. The minimum absolute atomic E-state index is 0.0607. The minimum Gasteiger partial charge on any atom is -0.366 e. The van der Waals surface area contributed by atoms with Gasteiger partial charge in [-0.1, -0.05) is 6.08 Å². The van der Waals surface area contributed by atoms with Gasteiger partial charge in [-0.25, -0.2) is 0 Å². The molecule has 1 aliphatic heterocycles. The fourth-order valence-corrected chi connectivity index (χ4v) is 2.34. The van der Waals surface area contributed by atoms with Gasteiger partial charge in [0.1, 0.15) is 6.07 Å². The molecule has 1 aliphatic rings. The van der Waals surface area contributed by atoms with Crippen LogP contribution in [0.1, 0.15) is 23.4 Å². The van der Waals surface area contributed by atoms with Crippen LogP contribution in [0.25, 0.3) is 0 Å². The predicted octanol–water partition coefficient (Wildman–Crippen LogP) is 3.27. The maximum Gasteiger partial charge on any atom is 0.412 e. The lowest BCUT2D eigenvalue weighted by atomic mass is 10.0. The van der Waals surface area contributed by atoms with Gasteiger partial charge in [-0.3, -0.25) is 4.98 Å². The molecule has 20 heavy (non-hydrogen) atoms. The molecule has 0 atom stereocenters. The Morgan fingerprint density at radius 1 is 1.35 bits per heavy atom. The number of halogens is 3. The zero-order valence-corrected chi connectivity index (χ0v) is 11.3. The Bertz CT molecular complexity index is 597. The van der Waals surface area contributed by atoms with Crippen LogP contribution in [0.3, 0.4) is 0 Å². The summed E-state index contributed by atoms with van der Waals surface area (Å²) in [5.74, 6) is 0. The third-order valence-corrected chi connectivity index (χ3v) is 3.33. The Labute approximate surface area is 115 Å². The Balaban J connectivity index is 2.32. The first-order chi connectivity index (χ1) is 9.32. The number of nitrogens with zero attached hydrogens (tertiary/aromatic N) is 3. The molecule has 1 aromatic heterocycles. The number of rotatable bonds is 1. The van der Waals surface area contributed by atoms with Crippen molar-refractivity contribution in [1.29, 1.82) is 5.26 Å². The number of aromatic nitrogens is 1. The van der Waals surface area contributed by atoms with Crippen molar-refractivity contribution in [2.24, 2.45) is 0 Å². The molecule has 0 saturated heterocycles. The van der Waals surface area contributed by atoms with Gasteiger partial charge in [0.2, 0.25) is 0 Å². The Morgan fingerprint density at radius 2 is 2.05 bits per heavy atom. The van der Waals surface area contributed by atoms with Gasteiger partial charge in [-0.15, -0.1) is 0 Å². The molecular formula is C14H14F3N3. The van der Waals surface area contributed by atoms with Crippen LogP contribution in [0.2, 0.25) is 0 Å². The van der Waals surface area contributed by atoms with Crippen molar-refractivity contribution in [2.75, 3.05) is 18.0 Å². The number of hydrogen-bond donors (Lipinski definition) is 0. The molecule has 0 aliphatic carbocycles. The Hall–Kier alpha value is -2.03. The van der Waals surface area contributed by atoms with Crippen molar-refractivity contribution in [3.05, 3.63) is 34.7 Å². The zero-order chi connectivity index (χ0) is 14.9. The highest BCUT2D eigenvalue weighted by atomic mass is 19.4. The minimum atomic E-state index is -4.26. The van der Waals surface area contributed by atoms with Crippen LogP contribution < -0.4 is 4.90 Å². The van der Waals surface area contributed by atoms with Gasteiger partial charge in [0, 0.05) is 24.4 Å². The molecule has 0 fully saturated rings. The highest BCUT2D eigenvalue weighted by Gasteiger charge is 2.35. The summed E-state index contributed by atoms with van der Waals surface area (Å²) in [5.41, 5.74) is 1.96. The zero-order valence-electron chi connectivity index (χ0n) is 11.3. The average molecular weight is 281 g/mol. The van der Waals surface area contributed by atoms with Gasteiger partial charge in [-0.05, 0) is 26.3 Å². The second-order valence-corrected chi connectivity index (χ2v) is 4.78. The number of anilines is 1. The molecule has 0 aromatic carbocycles. The lowest BCUT2D eigenvalue weighted by Gasteiger charge is -2.30. The number of pyridine rings is 1. The first kappa shape index (κ1) is 14.4. The maximum absolute atomic E-state index is 12.6. The summed E-state index contributed by atoms with van der Waals surface area (Å²) in [7, 11) is 0. The van der Waals surface area contributed by atoms with E-state index >= 15 is 0 Å². The van der Waals surface area contributed by atoms with Crippen molar-refractivity contribution in [1.82, 2.24) is 4.98 Å². The molecule has 106 valence electrons. The number of alkyl halides is 3. The Morgan fingerprint density at radius 3 is 2.55 bits per heavy atom. The van der Waals surface area contributed by atoms with Gasteiger partial charge in [0.25, 0.3) is 0 Å². The van der Waals surface area contributed by atoms with E-state index in [1.165, 1.54) is 6.08 Å². The van der Waals surface area contributed by atoms with Crippen LogP contribution in [0.5, 0.6) is 0 Å². The van der Waals surface area contributed by atoms with E-state index in [1.54, 1.807) is 24.8 Å². The Kier molecular flexibility index (Phi) is 3.71. The predicted molar refractivity (Wildman–Crippen MR) is 69.4 cm³/mol. The highest BCUT2D eigenvalue weighted by molar-refractivity contribution is 5.62. The molecule has 0 amide bonds. The smallest absolute Gasteiger partial charge is 0.366 e. The molecule has 6 heteroatoms. The van der Waals surface area contributed by atoms with E-state index in [9.17, 15) is 18.4 Å². The van der Waals surface area contributed by atoms with Crippen molar-refractivity contribution in [3.63, 3.8) is 0 Å². The van der Waals surface area contributed by atoms with E-state index in [4.69, 9.17) is 0 Å². The average Bonchev–Trinajstić information content (AvgIpc) is 2.37. The van der Waals surface area contributed by atoms with Crippen molar-refractivity contribution >= 4 is 5.69 Å². The van der Waals surface area contributed by atoms with E-state index in [-0.39, 0.29) is 19.5 Å². The first-order valence-electron chi connectivity index (χ1n) is 6.22. The molecule has 0 N–H and O–H groups in total. The second-order valence-electron chi connectivity index (χ2n) is 4.78. The van der Waals surface area contributed by atoms with Gasteiger partial charge in [0.15, 0.2) is 0 Å². The molecule has 0 unspecified atom stereocenters. The van der Waals surface area contributed by atoms with Crippen LogP contribution in [0.15, 0.2) is 17.7 Å². The van der Waals surface area contributed by atoms with Crippen LogP contribution in [0.4, 0.5) is 18.9 Å². The van der Waals surface area contributed by atoms with Crippen LogP contribution in [-0.4, -0.2) is 24.2 Å². The third kappa shape index (κ3) is 2.77. The van der Waals surface area contributed by atoms with Gasteiger partial charge < -0.3 is 4.90 Å². The number of nitriles is 1. The molecule has 1 aromatic rings. The number of hydrogen-bond acceptors (Lipinski definition) is 3. The summed E-state index contributed by atoms with van der Waals surface area (Å²) in [5, 5.41) is 9.19. The van der Waals surface area contributed by atoms with Crippen LogP contribution in [-0.2, 0) is 0 Å². The van der Waals surface area contributed by atoms with Crippen molar-refractivity contribution in [2.45, 2.75) is 26.4 Å². The normalized spacial score (nSPS) is 15.8. The van der Waals surface area contributed by atoms with E-state index in [0.717, 1.165) is 5.69 Å². The third-order valence-electron chi connectivity index (χ3n) is 3.33. The number of aryl methyl sites for hydroxylation is 2. The van der Waals surface area contributed by atoms with Crippen molar-refractivity contribution in [3.8, 4) is 6.07 Å². The van der Waals surface area contributed by atoms with Crippen LogP contribution >= 0.6 is 0 Å². The molecule has 2 rings (SSSR count). The highest BCUT2D eigenvalue weighted by Crippen LogP contribution is 2.32. The fraction of sp³-hybridized carbons (Fsp3) is 0.429. The summed E-state index contributed by atoms with van der Waals surface area (Å²) >= 11 is 0. The topological polar surface area (TPSA) is 39.9 Å². The SMILES string of the molecule is Cc1cc(N2CC=C(C(F)(F)F)CC2)c(C#N)c(C)n1. The second kappa shape index (κ2) is 5.16. The summed E-state index contributed by atoms with van der Waals surface area (Å²) in [6.45, 7) is 3.95. The quantitative estimate of drug-likeness (QED) is 0.742. The largest absolute Gasteiger partial charge is 0.412 e. The molecule has 0 radical (unpaired) electrons. The van der Waals surface area contributed by atoms with E-state index in [1.807, 2.05) is 0 Å². The summed E-state index contributed by atoms with van der Waals surface area (Å²) < 4.78 is 37.8. The van der Waals surface area contributed by atoms with E-state index in [0.29, 0.717) is 16.9 Å². The lowest BCUT2D eigenvalue weighted by Crippen LogP contribution is -2.32. The summed E-state index contributed by atoms with van der Waals surface area (Å²) in [4.78, 5) is 6.00. The lowest BCUT2D eigenvalue weighted by molar-refractivity contribution is -0.0943. The molecule has 3 nitrogen and oxygen atoms in total. The van der Waals surface area contributed by atoms with Gasteiger partial charge in [-0.2, -0.15) is 18.4 Å². The first-order valence-corrected chi connectivity index (χ1v) is 6.22. The monoisotopic (exact) mass is 281 g/mol. The summed E-state index contributed by atoms with van der Waals surface area (Å²) in [6, 6.07) is 3.83. The molecule has 2 heterocycles. The van der Waals surface area contributed by atoms with E-state index < -0.39 is 11.7 Å².